The zero-order valence-electron chi connectivity index (χ0n) is 26.4. The highest BCUT2D eigenvalue weighted by molar-refractivity contribution is 7.17. The molecule has 14 nitrogen and oxygen atoms in total. The van der Waals surface area contributed by atoms with Crippen molar-refractivity contribution in [1.82, 2.24) is 25.8 Å². The molecule has 242 valence electrons. The maximum Gasteiger partial charge on any atom is 0.411 e. The van der Waals surface area contributed by atoms with Crippen LogP contribution >= 0.6 is 11.3 Å². The third kappa shape index (κ3) is 9.56. The molecule has 2 aromatic rings. The lowest BCUT2D eigenvalue weighted by Gasteiger charge is -2.55. The van der Waals surface area contributed by atoms with Gasteiger partial charge in [0.2, 0.25) is 17.6 Å². The van der Waals surface area contributed by atoms with Crippen LogP contribution in [0.25, 0.3) is 0 Å². The molecule has 1 unspecified atom stereocenters. The summed E-state index contributed by atoms with van der Waals surface area (Å²) >= 11 is 1.06. The molecular formula is C29H43N7O7S. The van der Waals surface area contributed by atoms with E-state index in [1.54, 1.807) is 53.7 Å². The SMILES string of the molecule is CC(=O)NCCNC(=O)c1sc(NC(C)=O)nc1CCc1ccc(NC(NC(=O)O)(N(C(=O)O)C(C)(C)C)C(C)(C)C)cc1. The largest absolute Gasteiger partial charge is 0.465 e. The Morgan fingerprint density at radius 2 is 1.45 bits per heavy atom. The van der Waals surface area contributed by atoms with Crippen LogP contribution in [-0.4, -0.2) is 74.4 Å². The Kier molecular flexibility index (Phi) is 11.7. The van der Waals surface area contributed by atoms with Gasteiger partial charge in [-0.05, 0) is 51.3 Å². The van der Waals surface area contributed by atoms with E-state index in [0.717, 1.165) is 21.8 Å². The van der Waals surface area contributed by atoms with Crippen LogP contribution in [0.1, 0.15) is 76.3 Å². The molecule has 0 spiro atoms. The molecule has 1 heterocycles. The van der Waals surface area contributed by atoms with Crippen molar-refractivity contribution in [2.45, 2.75) is 79.6 Å². The first-order valence-corrected chi connectivity index (χ1v) is 14.8. The van der Waals surface area contributed by atoms with Gasteiger partial charge in [0.25, 0.3) is 5.91 Å². The minimum Gasteiger partial charge on any atom is -0.465 e. The quantitative estimate of drug-likeness (QED) is 0.134. The maximum absolute atomic E-state index is 12.9. The van der Waals surface area contributed by atoms with Crippen LogP contribution < -0.4 is 26.6 Å². The van der Waals surface area contributed by atoms with Crippen molar-refractivity contribution >= 4 is 52.1 Å². The number of anilines is 2. The lowest BCUT2D eigenvalue weighted by Crippen LogP contribution is -2.76. The summed E-state index contributed by atoms with van der Waals surface area (Å²) in [4.78, 5) is 65.9. The van der Waals surface area contributed by atoms with E-state index in [0.29, 0.717) is 34.2 Å². The number of hydrogen-bond donors (Lipinski definition) is 7. The average molecular weight is 634 g/mol. The Bertz CT molecular complexity index is 1360. The van der Waals surface area contributed by atoms with Crippen molar-refractivity contribution in [3.63, 3.8) is 0 Å². The number of benzene rings is 1. The van der Waals surface area contributed by atoms with Gasteiger partial charge in [-0.1, -0.05) is 44.2 Å². The topological polar surface area (TPSA) is 202 Å². The van der Waals surface area contributed by atoms with Gasteiger partial charge in [-0.25, -0.2) is 14.6 Å². The number of hydrogen-bond acceptors (Lipinski definition) is 8. The second kappa shape index (κ2) is 14.4. The van der Waals surface area contributed by atoms with Gasteiger partial charge in [0.1, 0.15) is 4.88 Å². The van der Waals surface area contributed by atoms with Gasteiger partial charge in [0, 0.05) is 43.6 Å². The number of carbonyl (C=O) groups is 5. The molecule has 0 radical (unpaired) electrons. The molecule has 0 aliphatic carbocycles. The summed E-state index contributed by atoms with van der Waals surface area (Å²) in [6.45, 7) is 13.5. The van der Waals surface area contributed by atoms with E-state index in [9.17, 15) is 34.2 Å². The second-order valence-corrected chi connectivity index (χ2v) is 13.2. The average Bonchev–Trinajstić information content (AvgIpc) is 3.25. The van der Waals surface area contributed by atoms with Crippen LogP contribution in [0, 0.1) is 5.41 Å². The summed E-state index contributed by atoms with van der Waals surface area (Å²) in [5.74, 6) is -2.64. The minimum atomic E-state index is -1.74. The third-order valence-corrected chi connectivity index (χ3v) is 7.48. The summed E-state index contributed by atoms with van der Waals surface area (Å²) in [6, 6.07) is 7.07. The fourth-order valence-electron chi connectivity index (χ4n) is 4.57. The Balaban J connectivity index is 2.32. The number of nitrogens with zero attached hydrogens (tertiary/aromatic N) is 2. The maximum atomic E-state index is 12.9. The Morgan fingerprint density at radius 1 is 0.864 bits per heavy atom. The number of thiazole rings is 1. The van der Waals surface area contributed by atoms with E-state index in [4.69, 9.17) is 0 Å². The van der Waals surface area contributed by atoms with Crippen LogP contribution in [0.15, 0.2) is 24.3 Å². The lowest BCUT2D eigenvalue weighted by atomic mass is 9.82. The predicted molar refractivity (Wildman–Crippen MR) is 168 cm³/mol. The molecule has 0 saturated heterocycles. The van der Waals surface area contributed by atoms with Gasteiger partial charge in [-0.2, -0.15) is 0 Å². The number of amides is 5. The zero-order valence-corrected chi connectivity index (χ0v) is 27.2. The first-order chi connectivity index (χ1) is 20.3. The van der Waals surface area contributed by atoms with Gasteiger partial charge >= 0.3 is 12.2 Å². The van der Waals surface area contributed by atoms with Crippen molar-refractivity contribution < 1.29 is 34.2 Å². The second-order valence-electron chi connectivity index (χ2n) is 12.2. The van der Waals surface area contributed by atoms with E-state index < -0.39 is 28.9 Å². The minimum absolute atomic E-state index is 0.206. The van der Waals surface area contributed by atoms with E-state index >= 15 is 0 Å². The lowest BCUT2D eigenvalue weighted by molar-refractivity contribution is -0.119. The highest BCUT2D eigenvalue weighted by Gasteiger charge is 2.54. The molecule has 0 saturated carbocycles. The smallest absolute Gasteiger partial charge is 0.411 e. The van der Waals surface area contributed by atoms with Crippen LogP contribution in [0.2, 0.25) is 0 Å². The zero-order chi connectivity index (χ0) is 33.5. The highest BCUT2D eigenvalue weighted by Crippen LogP contribution is 2.39. The molecular weight excluding hydrogens is 590 g/mol. The van der Waals surface area contributed by atoms with Crippen molar-refractivity contribution in [3.8, 4) is 0 Å². The number of aromatic nitrogens is 1. The Hall–Kier alpha value is -4.40. The van der Waals surface area contributed by atoms with Gasteiger partial charge < -0.3 is 31.5 Å². The van der Waals surface area contributed by atoms with Crippen LogP contribution in [0.4, 0.5) is 20.4 Å². The summed E-state index contributed by atoms with van der Waals surface area (Å²) < 4.78 is 0. The van der Waals surface area contributed by atoms with Crippen molar-refractivity contribution in [3.05, 3.63) is 40.4 Å². The first-order valence-electron chi connectivity index (χ1n) is 14.0. The monoisotopic (exact) mass is 633 g/mol. The number of aryl methyl sites for hydroxylation is 2. The molecule has 1 atom stereocenters. The van der Waals surface area contributed by atoms with Gasteiger partial charge in [-0.15, -0.1) is 0 Å². The summed E-state index contributed by atoms with van der Waals surface area (Å²) in [6.07, 6.45) is -1.84. The molecule has 2 rings (SSSR count). The Labute approximate surface area is 261 Å². The fourth-order valence-corrected chi connectivity index (χ4v) is 5.54. The highest BCUT2D eigenvalue weighted by atomic mass is 32.1. The standard InChI is InChI=1S/C29H43N7O7S/c1-17(37)30-15-16-31-23(39)22-21(33-24(44-22)32-18(2)38)14-11-19-9-12-20(13-10-19)34-29(27(3,4)5,35-25(40)41)36(26(42)43)28(6,7)8/h9-10,12-13,34-35H,11,14-16H2,1-8H3,(H,30,37)(H,31,39)(H,40,41)(H,42,43)(H,32,33,38). The van der Waals surface area contributed by atoms with E-state index in [2.05, 4.69) is 31.6 Å². The molecule has 0 aliphatic heterocycles. The molecule has 1 aromatic heterocycles. The molecule has 0 aliphatic rings. The van der Waals surface area contributed by atoms with Gasteiger partial charge in [-0.3, -0.25) is 24.6 Å². The molecule has 15 heteroatoms. The number of carboxylic acid groups (broad SMARTS) is 2. The van der Waals surface area contributed by atoms with Crippen molar-refractivity contribution in [2.24, 2.45) is 5.41 Å². The van der Waals surface area contributed by atoms with E-state index in [1.165, 1.54) is 13.8 Å². The Morgan fingerprint density at radius 3 is 1.93 bits per heavy atom. The molecule has 0 fully saturated rings. The van der Waals surface area contributed by atoms with Gasteiger partial charge in [0.15, 0.2) is 5.13 Å². The number of nitrogens with one attached hydrogen (secondary N) is 5. The van der Waals surface area contributed by atoms with Crippen molar-refractivity contribution in [2.75, 3.05) is 23.7 Å². The summed E-state index contributed by atoms with van der Waals surface area (Å²) in [5.41, 5.74) is -0.0662. The van der Waals surface area contributed by atoms with E-state index in [-0.39, 0.29) is 30.8 Å². The molecule has 7 N–H and O–H groups in total. The summed E-state index contributed by atoms with van der Waals surface area (Å²) in [7, 11) is 0. The molecule has 44 heavy (non-hydrogen) atoms. The number of carbonyl (C=O) groups excluding carboxylic acids is 3. The number of rotatable bonds is 12. The molecule has 5 amide bonds. The third-order valence-electron chi connectivity index (χ3n) is 6.47. The molecule has 1 aromatic carbocycles. The molecule has 0 bridgehead atoms. The first kappa shape index (κ1) is 35.8. The van der Waals surface area contributed by atoms with Crippen molar-refractivity contribution in [1.29, 1.82) is 0 Å². The normalized spacial score (nSPS) is 12.8. The summed E-state index contributed by atoms with van der Waals surface area (Å²) in [5, 5.41) is 33.8. The van der Waals surface area contributed by atoms with Crippen LogP contribution in [0.3, 0.4) is 0 Å². The fraction of sp³-hybridized carbons (Fsp3) is 0.517. The van der Waals surface area contributed by atoms with E-state index in [1.807, 2.05) is 12.1 Å². The van der Waals surface area contributed by atoms with Crippen LogP contribution in [0.5, 0.6) is 0 Å². The van der Waals surface area contributed by atoms with Crippen LogP contribution in [-0.2, 0) is 22.4 Å². The predicted octanol–water partition coefficient (Wildman–Crippen LogP) is 3.91. The van der Waals surface area contributed by atoms with Gasteiger partial charge in [0.05, 0.1) is 5.69 Å².